The normalized spacial score (nSPS) is 12.3. The van der Waals surface area contributed by atoms with Crippen LogP contribution < -0.4 is 14.4 Å². The number of aryl methyl sites for hydroxylation is 1. The quantitative estimate of drug-likeness (QED) is 0.850. The number of sulfonamides is 1. The van der Waals surface area contributed by atoms with Crippen LogP contribution in [0.15, 0.2) is 42.7 Å². The lowest BCUT2D eigenvalue weighted by atomic mass is 10.2. The molecule has 0 fully saturated rings. The Kier molecular flexibility index (Phi) is 5.63. The van der Waals surface area contributed by atoms with E-state index in [0.717, 1.165) is 16.1 Å². The Balaban J connectivity index is 2.41. The van der Waals surface area contributed by atoms with Gasteiger partial charge in [-0.3, -0.25) is 14.1 Å². The molecular formula is C17H21N3O4S. The van der Waals surface area contributed by atoms with E-state index in [1.807, 2.05) is 13.0 Å². The number of anilines is 2. The van der Waals surface area contributed by atoms with E-state index in [1.165, 1.54) is 20.2 Å². The van der Waals surface area contributed by atoms with Crippen LogP contribution in [0.1, 0.15) is 12.5 Å². The number of hydrogen-bond donors (Lipinski definition) is 1. The molecule has 1 atom stereocenters. The minimum atomic E-state index is -3.73. The van der Waals surface area contributed by atoms with Crippen molar-refractivity contribution in [3.05, 3.63) is 48.3 Å². The summed E-state index contributed by atoms with van der Waals surface area (Å²) in [6, 6.07) is 7.53. The van der Waals surface area contributed by atoms with Gasteiger partial charge >= 0.3 is 0 Å². The van der Waals surface area contributed by atoms with Gasteiger partial charge in [0.2, 0.25) is 15.9 Å². The van der Waals surface area contributed by atoms with Crippen molar-refractivity contribution >= 4 is 27.3 Å². The second-order valence-electron chi connectivity index (χ2n) is 5.64. The van der Waals surface area contributed by atoms with E-state index >= 15 is 0 Å². The molecule has 0 aliphatic rings. The first-order valence-corrected chi connectivity index (χ1v) is 9.44. The summed E-state index contributed by atoms with van der Waals surface area (Å²) in [4.78, 5) is 16.5. The smallest absolute Gasteiger partial charge is 0.248 e. The largest absolute Gasteiger partial charge is 0.495 e. The van der Waals surface area contributed by atoms with Gasteiger partial charge in [-0.05, 0) is 43.7 Å². The average Bonchev–Trinajstić information content (AvgIpc) is 2.55. The Morgan fingerprint density at radius 3 is 2.60 bits per heavy atom. The van der Waals surface area contributed by atoms with Crippen molar-refractivity contribution in [1.82, 2.24) is 4.98 Å². The fourth-order valence-corrected chi connectivity index (χ4v) is 3.61. The van der Waals surface area contributed by atoms with Crippen LogP contribution in [0.25, 0.3) is 0 Å². The Hall–Kier alpha value is -2.61. The highest BCUT2D eigenvalue weighted by atomic mass is 32.2. The van der Waals surface area contributed by atoms with Gasteiger partial charge in [-0.15, -0.1) is 0 Å². The first-order valence-electron chi connectivity index (χ1n) is 7.59. The summed E-state index contributed by atoms with van der Waals surface area (Å²) in [7, 11) is -2.27. The lowest BCUT2D eigenvalue weighted by molar-refractivity contribution is -0.116. The van der Waals surface area contributed by atoms with E-state index < -0.39 is 22.0 Å². The molecule has 2 rings (SSSR count). The molecule has 1 aromatic carbocycles. The molecular weight excluding hydrogens is 342 g/mol. The topological polar surface area (TPSA) is 88.6 Å². The summed E-state index contributed by atoms with van der Waals surface area (Å²) in [5.41, 5.74) is 1.66. The van der Waals surface area contributed by atoms with Crippen LogP contribution in [0.5, 0.6) is 5.75 Å². The van der Waals surface area contributed by atoms with Gasteiger partial charge in [0.15, 0.2) is 0 Å². The second kappa shape index (κ2) is 7.52. The standard InChI is InChI=1S/C17H21N3O4S/c1-12-7-8-16(24-3)15(10-12)20(25(4,22)23)13(2)17(21)19-14-6-5-9-18-11-14/h5-11,13H,1-4H3,(H,19,21). The van der Waals surface area contributed by atoms with Gasteiger partial charge in [-0.2, -0.15) is 0 Å². The minimum absolute atomic E-state index is 0.318. The monoisotopic (exact) mass is 363 g/mol. The van der Waals surface area contributed by atoms with Crippen LogP contribution in [0.3, 0.4) is 0 Å². The lowest BCUT2D eigenvalue weighted by Crippen LogP contribution is -2.45. The third-order valence-corrected chi connectivity index (χ3v) is 4.82. The Morgan fingerprint density at radius 1 is 1.32 bits per heavy atom. The number of carbonyl (C=O) groups excluding carboxylic acids is 1. The van der Waals surface area contributed by atoms with E-state index in [0.29, 0.717) is 17.1 Å². The average molecular weight is 363 g/mol. The van der Waals surface area contributed by atoms with E-state index in [9.17, 15) is 13.2 Å². The molecule has 0 saturated heterocycles. The summed E-state index contributed by atoms with van der Waals surface area (Å²) in [6.07, 6.45) is 4.13. The number of aromatic nitrogens is 1. The van der Waals surface area contributed by atoms with E-state index in [2.05, 4.69) is 10.3 Å². The zero-order valence-corrected chi connectivity index (χ0v) is 15.4. The zero-order valence-electron chi connectivity index (χ0n) is 14.6. The van der Waals surface area contributed by atoms with Crippen LogP contribution >= 0.6 is 0 Å². The number of pyridine rings is 1. The number of nitrogens with one attached hydrogen (secondary N) is 1. The number of nitrogens with zero attached hydrogens (tertiary/aromatic N) is 2. The minimum Gasteiger partial charge on any atom is -0.495 e. The predicted octanol–water partition coefficient (Wildman–Crippen LogP) is 2.19. The third kappa shape index (κ3) is 4.48. The Bertz CT molecular complexity index is 853. The number of methoxy groups -OCH3 is 1. The van der Waals surface area contributed by atoms with E-state index in [4.69, 9.17) is 4.74 Å². The van der Waals surface area contributed by atoms with Gasteiger partial charge in [0.05, 0.1) is 30.9 Å². The Labute approximate surface area is 147 Å². The van der Waals surface area contributed by atoms with Crippen LogP contribution in [-0.4, -0.2) is 38.7 Å². The molecule has 2 aromatic rings. The summed E-state index contributed by atoms with van der Waals surface area (Å²) >= 11 is 0. The van der Waals surface area contributed by atoms with Crippen LogP contribution in [0.4, 0.5) is 11.4 Å². The fourth-order valence-electron chi connectivity index (χ4n) is 2.44. The molecule has 0 radical (unpaired) electrons. The molecule has 1 aromatic heterocycles. The summed E-state index contributed by atoms with van der Waals surface area (Å²) in [6.45, 7) is 3.36. The van der Waals surface area contributed by atoms with Crippen molar-refractivity contribution in [3.63, 3.8) is 0 Å². The van der Waals surface area contributed by atoms with Crippen molar-refractivity contribution in [2.75, 3.05) is 23.0 Å². The van der Waals surface area contributed by atoms with Crippen LogP contribution in [0, 0.1) is 6.92 Å². The molecule has 134 valence electrons. The molecule has 1 unspecified atom stereocenters. The number of amides is 1. The molecule has 1 amide bonds. The van der Waals surface area contributed by atoms with Gasteiger partial charge in [-0.25, -0.2) is 8.42 Å². The highest BCUT2D eigenvalue weighted by Crippen LogP contribution is 2.32. The summed E-state index contributed by atoms with van der Waals surface area (Å²) in [5, 5.41) is 2.67. The Morgan fingerprint density at radius 2 is 2.04 bits per heavy atom. The molecule has 0 aliphatic carbocycles. The lowest BCUT2D eigenvalue weighted by Gasteiger charge is -2.29. The van der Waals surface area contributed by atoms with E-state index in [-0.39, 0.29) is 0 Å². The van der Waals surface area contributed by atoms with Crippen molar-refractivity contribution in [2.24, 2.45) is 0 Å². The number of ether oxygens (including phenoxy) is 1. The van der Waals surface area contributed by atoms with Crippen molar-refractivity contribution in [1.29, 1.82) is 0 Å². The molecule has 0 saturated carbocycles. The summed E-state index contributed by atoms with van der Waals surface area (Å²) < 4.78 is 31.1. The number of hydrogen-bond acceptors (Lipinski definition) is 5. The molecule has 0 bridgehead atoms. The van der Waals surface area contributed by atoms with Gasteiger partial charge in [0, 0.05) is 6.20 Å². The second-order valence-corrected chi connectivity index (χ2v) is 7.50. The highest BCUT2D eigenvalue weighted by molar-refractivity contribution is 7.92. The first-order chi connectivity index (χ1) is 11.7. The molecule has 7 nitrogen and oxygen atoms in total. The maximum atomic E-state index is 12.6. The molecule has 1 N–H and O–H groups in total. The number of benzene rings is 1. The molecule has 1 heterocycles. The van der Waals surface area contributed by atoms with Crippen LogP contribution in [-0.2, 0) is 14.8 Å². The molecule has 25 heavy (non-hydrogen) atoms. The van der Waals surface area contributed by atoms with Gasteiger partial charge in [0.1, 0.15) is 11.8 Å². The zero-order chi connectivity index (χ0) is 18.6. The van der Waals surface area contributed by atoms with E-state index in [1.54, 1.807) is 30.5 Å². The van der Waals surface area contributed by atoms with Crippen molar-refractivity contribution in [3.8, 4) is 5.75 Å². The first kappa shape index (κ1) is 18.7. The van der Waals surface area contributed by atoms with Gasteiger partial charge < -0.3 is 10.1 Å². The van der Waals surface area contributed by atoms with Gasteiger partial charge in [-0.1, -0.05) is 6.07 Å². The molecule has 0 spiro atoms. The SMILES string of the molecule is COc1ccc(C)cc1N(C(C)C(=O)Nc1cccnc1)S(C)(=O)=O. The summed E-state index contributed by atoms with van der Waals surface area (Å²) in [5.74, 6) is -0.0981. The molecule has 8 heteroatoms. The fraction of sp³-hybridized carbons (Fsp3) is 0.294. The highest BCUT2D eigenvalue weighted by Gasteiger charge is 2.31. The molecule has 0 aliphatic heterocycles. The van der Waals surface area contributed by atoms with Crippen molar-refractivity contribution in [2.45, 2.75) is 19.9 Å². The maximum absolute atomic E-state index is 12.6. The number of carbonyl (C=O) groups is 1. The third-order valence-electron chi connectivity index (χ3n) is 3.59. The number of rotatable bonds is 6. The maximum Gasteiger partial charge on any atom is 0.248 e. The van der Waals surface area contributed by atoms with Crippen LogP contribution in [0.2, 0.25) is 0 Å². The van der Waals surface area contributed by atoms with Crippen molar-refractivity contribution < 1.29 is 17.9 Å². The van der Waals surface area contributed by atoms with Gasteiger partial charge in [0.25, 0.3) is 0 Å². The predicted molar refractivity (Wildman–Crippen MR) is 97.4 cm³/mol.